The molecule has 1 aliphatic carbocycles. The fourth-order valence-electron chi connectivity index (χ4n) is 3.94. The molecular formula is C18H22N2O2. The van der Waals surface area contributed by atoms with E-state index in [0.29, 0.717) is 12.2 Å². The predicted molar refractivity (Wildman–Crippen MR) is 85.9 cm³/mol. The molecule has 4 heteroatoms. The maximum absolute atomic E-state index is 12.5. The average Bonchev–Trinajstić information content (AvgIpc) is 3.15. The van der Waals surface area contributed by atoms with Gasteiger partial charge >= 0.3 is 0 Å². The van der Waals surface area contributed by atoms with Gasteiger partial charge in [0, 0.05) is 17.3 Å². The molecule has 2 N–H and O–H groups in total. The number of carbonyl (C=O) groups excluding carboxylic acids is 1. The number of amides is 1. The van der Waals surface area contributed by atoms with E-state index >= 15 is 0 Å². The van der Waals surface area contributed by atoms with E-state index in [1.807, 2.05) is 30.5 Å². The van der Waals surface area contributed by atoms with Gasteiger partial charge in [-0.05, 0) is 42.8 Å². The maximum atomic E-state index is 12.5. The van der Waals surface area contributed by atoms with Crippen LogP contribution in [0.15, 0.2) is 30.5 Å². The third kappa shape index (κ3) is 2.52. The van der Waals surface area contributed by atoms with Gasteiger partial charge in [0.1, 0.15) is 0 Å². The second-order valence-electron chi connectivity index (χ2n) is 6.71. The summed E-state index contributed by atoms with van der Waals surface area (Å²) in [5.41, 5.74) is 1.75. The number of fused-ring (bicyclic) bond motifs is 1. The first-order valence-corrected chi connectivity index (χ1v) is 8.26. The van der Waals surface area contributed by atoms with E-state index in [2.05, 4.69) is 10.3 Å². The van der Waals surface area contributed by atoms with Crippen molar-refractivity contribution >= 4 is 16.8 Å². The molecule has 1 spiro atoms. The van der Waals surface area contributed by atoms with Crippen LogP contribution in [-0.2, 0) is 4.74 Å². The number of aromatic nitrogens is 1. The van der Waals surface area contributed by atoms with Crippen LogP contribution >= 0.6 is 0 Å². The van der Waals surface area contributed by atoms with Crippen molar-refractivity contribution in [2.75, 3.05) is 6.61 Å². The molecule has 2 aliphatic rings. The van der Waals surface area contributed by atoms with Crippen molar-refractivity contribution in [2.24, 2.45) is 0 Å². The summed E-state index contributed by atoms with van der Waals surface area (Å²) >= 11 is 0. The molecule has 4 rings (SSSR count). The minimum Gasteiger partial charge on any atom is -0.373 e. The molecular weight excluding hydrogens is 276 g/mol. The van der Waals surface area contributed by atoms with Crippen molar-refractivity contribution in [1.82, 2.24) is 10.3 Å². The van der Waals surface area contributed by atoms with Gasteiger partial charge in [0.25, 0.3) is 5.91 Å². The van der Waals surface area contributed by atoms with Crippen LogP contribution in [0.1, 0.15) is 48.9 Å². The molecule has 2 heterocycles. The molecule has 1 aromatic carbocycles. The molecule has 22 heavy (non-hydrogen) atoms. The normalized spacial score (nSPS) is 23.9. The summed E-state index contributed by atoms with van der Waals surface area (Å²) < 4.78 is 6.07. The molecule has 1 saturated heterocycles. The van der Waals surface area contributed by atoms with Crippen molar-refractivity contribution in [1.29, 1.82) is 0 Å². The zero-order valence-electron chi connectivity index (χ0n) is 12.7. The van der Waals surface area contributed by atoms with E-state index in [-0.39, 0.29) is 17.6 Å². The molecule has 4 nitrogen and oxygen atoms in total. The molecule has 1 saturated carbocycles. The molecule has 2 aromatic rings. The summed E-state index contributed by atoms with van der Waals surface area (Å²) in [6.45, 7) is 0.649. The Morgan fingerprint density at radius 2 is 2.09 bits per heavy atom. The second-order valence-corrected chi connectivity index (χ2v) is 6.71. The number of H-pyrrole nitrogens is 1. The minimum atomic E-state index is -0.00189. The Balaban J connectivity index is 1.43. The first-order chi connectivity index (χ1) is 10.7. The van der Waals surface area contributed by atoms with Crippen LogP contribution in [0, 0.1) is 0 Å². The van der Waals surface area contributed by atoms with Crippen LogP contribution in [0.4, 0.5) is 0 Å². The smallest absolute Gasteiger partial charge is 0.251 e. The van der Waals surface area contributed by atoms with Gasteiger partial charge in [0.05, 0.1) is 18.2 Å². The number of carbonyl (C=O) groups is 1. The van der Waals surface area contributed by atoms with Gasteiger partial charge in [0.15, 0.2) is 0 Å². The lowest BCUT2D eigenvalue weighted by molar-refractivity contribution is -0.0246. The lowest BCUT2D eigenvalue weighted by atomic mass is 9.82. The van der Waals surface area contributed by atoms with Gasteiger partial charge in [-0.3, -0.25) is 4.79 Å². The summed E-state index contributed by atoms with van der Waals surface area (Å²) in [5.74, 6) is -0.00189. The number of benzene rings is 1. The molecule has 1 aliphatic heterocycles. The van der Waals surface area contributed by atoms with Crippen molar-refractivity contribution < 1.29 is 9.53 Å². The number of aromatic amines is 1. The van der Waals surface area contributed by atoms with E-state index in [0.717, 1.165) is 30.2 Å². The summed E-state index contributed by atoms with van der Waals surface area (Å²) in [6, 6.07) is 7.93. The van der Waals surface area contributed by atoms with Crippen molar-refractivity contribution in [3.05, 3.63) is 36.0 Å². The summed E-state index contributed by atoms with van der Waals surface area (Å²) in [7, 11) is 0. The number of hydrogen-bond donors (Lipinski definition) is 2. The molecule has 116 valence electrons. The Kier molecular flexibility index (Phi) is 3.41. The van der Waals surface area contributed by atoms with Crippen LogP contribution in [0.5, 0.6) is 0 Å². The summed E-state index contributed by atoms with van der Waals surface area (Å²) in [5, 5.41) is 4.27. The molecule has 0 bridgehead atoms. The maximum Gasteiger partial charge on any atom is 0.251 e. The lowest BCUT2D eigenvalue weighted by Gasteiger charge is -2.32. The number of nitrogens with one attached hydrogen (secondary N) is 2. The van der Waals surface area contributed by atoms with Crippen LogP contribution in [0.3, 0.4) is 0 Å². The standard InChI is InChI=1S/C18H22N2O2/c21-17(14-5-4-13-6-9-19-16(13)10-14)20-15-11-18(22-12-15)7-2-1-3-8-18/h4-6,9-10,15,19H,1-3,7-8,11-12H2,(H,20,21)/t15-/m0/s1. The van der Waals surface area contributed by atoms with Gasteiger partial charge in [-0.25, -0.2) is 0 Å². The van der Waals surface area contributed by atoms with E-state index in [1.54, 1.807) is 0 Å². The second kappa shape index (κ2) is 5.43. The topological polar surface area (TPSA) is 54.1 Å². The molecule has 1 amide bonds. The summed E-state index contributed by atoms with van der Waals surface area (Å²) in [6.07, 6.45) is 8.97. The fourth-order valence-corrected chi connectivity index (χ4v) is 3.94. The van der Waals surface area contributed by atoms with Gasteiger partial charge in [-0.2, -0.15) is 0 Å². The fraction of sp³-hybridized carbons (Fsp3) is 0.500. The average molecular weight is 298 g/mol. The Bertz CT molecular complexity index is 685. The number of hydrogen-bond acceptors (Lipinski definition) is 2. The number of rotatable bonds is 2. The quantitative estimate of drug-likeness (QED) is 0.893. The van der Waals surface area contributed by atoms with Crippen molar-refractivity contribution in [2.45, 2.75) is 50.2 Å². The van der Waals surface area contributed by atoms with E-state index in [9.17, 15) is 4.79 Å². The van der Waals surface area contributed by atoms with E-state index < -0.39 is 0 Å². The lowest BCUT2D eigenvalue weighted by Crippen LogP contribution is -2.37. The third-order valence-corrected chi connectivity index (χ3v) is 5.13. The highest BCUT2D eigenvalue weighted by molar-refractivity contribution is 5.98. The van der Waals surface area contributed by atoms with Gasteiger partial charge in [-0.15, -0.1) is 0 Å². The van der Waals surface area contributed by atoms with E-state index in [1.165, 1.54) is 19.3 Å². The highest BCUT2D eigenvalue weighted by atomic mass is 16.5. The predicted octanol–water partition coefficient (Wildman–Crippen LogP) is 3.39. The number of ether oxygens (including phenoxy) is 1. The van der Waals surface area contributed by atoms with Crippen LogP contribution in [0.2, 0.25) is 0 Å². The zero-order chi connectivity index (χ0) is 15.0. The highest BCUT2D eigenvalue weighted by Gasteiger charge is 2.41. The Morgan fingerprint density at radius 1 is 1.23 bits per heavy atom. The molecule has 0 unspecified atom stereocenters. The monoisotopic (exact) mass is 298 g/mol. The first kappa shape index (κ1) is 13.8. The first-order valence-electron chi connectivity index (χ1n) is 8.26. The largest absolute Gasteiger partial charge is 0.373 e. The molecule has 0 radical (unpaired) electrons. The van der Waals surface area contributed by atoms with Crippen molar-refractivity contribution in [3.63, 3.8) is 0 Å². The highest BCUT2D eigenvalue weighted by Crippen LogP contribution is 2.39. The zero-order valence-corrected chi connectivity index (χ0v) is 12.7. The summed E-state index contributed by atoms with van der Waals surface area (Å²) in [4.78, 5) is 15.6. The van der Waals surface area contributed by atoms with Crippen LogP contribution < -0.4 is 5.32 Å². The SMILES string of the molecule is O=C(N[C@@H]1COC2(CCCCC2)C1)c1ccc2cc[nH]c2c1. The molecule has 2 fully saturated rings. The Labute approximate surface area is 130 Å². The van der Waals surface area contributed by atoms with Crippen LogP contribution in [0.25, 0.3) is 10.9 Å². The Morgan fingerprint density at radius 3 is 2.95 bits per heavy atom. The molecule has 1 aromatic heterocycles. The van der Waals surface area contributed by atoms with E-state index in [4.69, 9.17) is 4.74 Å². The van der Waals surface area contributed by atoms with Crippen LogP contribution in [-0.4, -0.2) is 29.1 Å². The van der Waals surface area contributed by atoms with Gasteiger partial charge in [-0.1, -0.05) is 25.3 Å². The van der Waals surface area contributed by atoms with Gasteiger partial charge in [0.2, 0.25) is 0 Å². The third-order valence-electron chi connectivity index (χ3n) is 5.13. The van der Waals surface area contributed by atoms with Gasteiger partial charge < -0.3 is 15.0 Å². The molecule has 1 atom stereocenters. The minimum absolute atomic E-state index is 0.00189. The Hall–Kier alpha value is -1.81. The van der Waals surface area contributed by atoms with Crippen molar-refractivity contribution in [3.8, 4) is 0 Å².